The number of benzene rings is 2. The van der Waals surface area contributed by atoms with E-state index in [1.54, 1.807) is 38.2 Å². The van der Waals surface area contributed by atoms with Crippen LogP contribution in [0.25, 0.3) is 0 Å². The molecular formula is C23H22F2N4O2. The quantitative estimate of drug-likeness (QED) is 0.743. The maximum Gasteiger partial charge on any atom is 0.332 e. The van der Waals surface area contributed by atoms with Crippen LogP contribution in [0.15, 0.2) is 54.4 Å². The number of rotatable bonds is 3. The van der Waals surface area contributed by atoms with Gasteiger partial charge in [0.25, 0.3) is 0 Å². The fourth-order valence-electron chi connectivity index (χ4n) is 3.30. The second kappa shape index (κ2) is 8.48. The van der Waals surface area contributed by atoms with Gasteiger partial charge >= 0.3 is 6.03 Å². The van der Waals surface area contributed by atoms with Gasteiger partial charge in [-0.05, 0) is 31.2 Å². The average molecular weight is 424 g/mol. The summed E-state index contributed by atoms with van der Waals surface area (Å²) in [6, 6.07) is 10.1. The minimum atomic E-state index is -1.14. The van der Waals surface area contributed by atoms with Gasteiger partial charge in [0.05, 0.1) is 17.7 Å². The molecule has 1 heterocycles. The van der Waals surface area contributed by atoms with Gasteiger partial charge < -0.3 is 16.0 Å². The molecule has 3 N–H and O–H groups in total. The number of anilines is 1. The summed E-state index contributed by atoms with van der Waals surface area (Å²) in [6.45, 7) is 1.61. The second-order valence-corrected chi connectivity index (χ2v) is 7.31. The van der Waals surface area contributed by atoms with Gasteiger partial charge in [0.2, 0.25) is 5.91 Å². The lowest BCUT2D eigenvalue weighted by molar-refractivity contribution is -0.121. The molecule has 0 radical (unpaired) electrons. The van der Waals surface area contributed by atoms with Crippen molar-refractivity contribution in [3.8, 4) is 11.8 Å². The number of nitrogens with one attached hydrogen (secondary N) is 1. The van der Waals surface area contributed by atoms with E-state index in [-0.39, 0.29) is 17.7 Å². The van der Waals surface area contributed by atoms with Crippen LogP contribution in [0.1, 0.15) is 24.5 Å². The van der Waals surface area contributed by atoms with Crippen LogP contribution in [-0.4, -0.2) is 36.5 Å². The molecule has 6 nitrogen and oxygen atoms in total. The highest BCUT2D eigenvalue weighted by Gasteiger charge is 2.48. The lowest BCUT2D eigenvalue weighted by Crippen LogP contribution is -2.63. The van der Waals surface area contributed by atoms with Crippen LogP contribution in [0.5, 0.6) is 0 Å². The van der Waals surface area contributed by atoms with Crippen LogP contribution in [0.2, 0.25) is 0 Å². The van der Waals surface area contributed by atoms with Gasteiger partial charge in [-0.2, -0.15) is 0 Å². The first-order valence-electron chi connectivity index (χ1n) is 9.49. The lowest BCUT2D eigenvalue weighted by Gasteiger charge is -2.45. The van der Waals surface area contributed by atoms with E-state index >= 15 is 0 Å². The highest BCUT2D eigenvalue weighted by molar-refractivity contribution is 6.16. The van der Waals surface area contributed by atoms with Crippen LogP contribution in [-0.2, 0) is 4.79 Å². The summed E-state index contributed by atoms with van der Waals surface area (Å²) in [6.07, 6.45) is 1.22. The van der Waals surface area contributed by atoms with Gasteiger partial charge in [-0.15, -0.1) is 0 Å². The van der Waals surface area contributed by atoms with E-state index in [1.807, 2.05) is 6.07 Å². The van der Waals surface area contributed by atoms with Crippen molar-refractivity contribution in [2.75, 3.05) is 19.0 Å². The smallest absolute Gasteiger partial charge is 0.332 e. The summed E-state index contributed by atoms with van der Waals surface area (Å²) in [7, 11) is 3.05. The van der Waals surface area contributed by atoms with Crippen LogP contribution in [0.3, 0.4) is 0 Å². The Morgan fingerprint density at radius 1 is 1.13 bits per heavy atom. The van der Waals surface area contributed by atoms with E-state index in [2.05, 4.69) is 17.2 Å². The third-order valence-electron chi connectivity index (χ3n) is 5.25. The van der Waals surface area contributed by atoms with Crippen molar-refractivity contribution in [3.05, 3.63) is 77.1 Å². The molecule has 1 fully saturated rings. The Hall–Kier alpha value is -3.86. The largest absolute Gasteiger partial charge is 0.399 e. The SMILES string of the molecule is CN/C=C(\N)[C@]1(C)CC(=O)N(c2c(F)cc(C#Cc3ccccc3)cc2F)C(=O)N1C. The Balaban J connectivity index is 1.96. The number of likely N-dealkylation sites (N-methyl/N-ethyl adjacent to an activating group) is 1. The van der Waals surface area contributed by atoms with Crippen LogP contribution in [0, 0.1) is 23.5 Å². The molecule has 3 amide bonds. The predicted octanol–water partition coefficient (Wildman–Crippen LogP) is 2.93. The standard InChI is InChI=1S/C23H22F2N4O2/c1-23(19(26)14-27-2)13-20(30)29(22(31)28(23)3)21-17(24)11-16(12-18(21)25)10-9-15-7-5-4-6-8-15/h4-8,11-12,14,27H,13,26H2,1-3H3/b19-14-/t23-/m0/s1. The summed E-state index contributed by atoms with van der Waals surface area (Å²) in [4.78, 5) is 27.4. The Kier molecular flexibility index (Phi) is 5.97. The van der Waals surface area contributed by atoms with E-state index in [9.17, 15) is 18.4 Å². The van der Waals surface area contributed by atoms with E-state index in [0.717, 1.165) is 12.1 Å². The lowest BCUT2D eigenvalue weighted by atomic mass is 9.89. The third kappa shape index (κ3) is 4.08. The molecule has 1 atom stereocenters. The van der Waals surface area contributed by atoms with E-state index < -0.39 is 34.8 Å². The first-order valence-corrected chi connectivity index (χ1v) is 9.49. The summed E-state index contributed by atoms with van der Waals surface area (Å²) in [5.41, 5.74) is 5.16. The van der Waals surface area contributed by atoms with Gasteiger partial charge in [-0.3, -0.25) is 4.79 Å². The summed E-state index contributed by atoms with van der Waals surface area (Å²) < 4.78 is 29.7. The van der Waals surface area contributed by atoms with Crippen molar-refractivity contribution < 1.29 is 18.4 Å². The highest BCUT2D eigenvalue weighted by Crippen LogP contribution is 2.35. The number of urea groups is 1. The molecule has 0 unspecified atom stereocenters. The van der Waals surface area contributed by atoms with Crippen LogP contribution in [0.4, 0.5) is 19.3 Å². The second-order valence-electron chi connectivity index (χ2n) is 7.31. The summed E-state index contributed by atoms with van der Waals surface area (Å²) in [5.74, 6) is 2.61. The molecule has 1 saturated heterocycles. The number of hydrogen-bond acceptors (Lipinski definition) is 4. The third-order valence-corrected chi connectivity index (χ3v) is 5.25. The number of nitrogens with two attached hydrogens (primary N) is 1. The number of hydrogen-bond donors (Lipinski definition) is 2. The molecule has 0 saturated carbocycles. The van der Waals surface area contributed by atoms with E-state index in [1.165, 1.54) is 18.1 Å². The van der Waals surface area contributed by atoms with Crippen LogP contribution < -0.4 is 16.0 Å². The molecule has 1 aliphatic rings. The molecule has 2 aromatic carbocycles. The van der Waals surface area contributed by atoms with Gasteiger partial charge in [0, 0.05) is 31.4 Å². The number of nitrogens with zero attached hydrogens (tertiary/aromatic N) is 2. The Labute approximate surface area is 179 Å². The molecule has 31 heavy (non-hydrogen) atoms. The fraction of sp³-hybridized carbons (Fsp3) is 0.217. The zero-order chi connectivity index (χ0) is 22.8. The molecule has 1 aliphatic heterocycles. The molecule has 8 heteroatoms. The van der Waals surface area contributed by atoms with Crippen LogP contribution >= 0.6 is 0 Å². The number of amides is 3. The fourth-order valence-corrected chi connectivity index (χ4v) is 3.30. The molecule has 0 aromatic heterocycles. The maximum atomic E-state index is 14.8. The average Bonchev–Trinajstić information content (AvgIpc) is 2.73. The topological polar surface area (TPSA) is 78.7 Å². The molecule has 0 spiro atoms. The van der Waals surface area contributed by atoms with Crippen molar-refractivity contribution in [2.45, 2.75) is 18.9 Å². The Morgan fingerprint density at radius 2 is 1.71 bits per heavy atom. The number of carbonyl (C=O) groups is 2. The summed E-state index contributed by atoms with van der Waals surface area (Å²) >= 11 is 0. The molecule has 0 aliphatic carbocycles. The molecule has 2 aromatic rings. The molecule has 0 bridgehead atoms. The number of halogens is 2. The normalized spacial score (nSPS) is 19.2. The number of carbonyl (C=O) groups excluding carboxylic acids is 2. The Bertz CT molecular complexity index is 1100. The van der Waals surface area contributed by atoms with Gasteiger partial charge in [0.15, 0.2) is 11.6 Å². The van der Waals surface area contributed by atoms with E-state index in [4.69, 9.17) is 5.73 Å². The van der Waals surface area contributed by atoms with E-state index in [0.29, 0.717) is 10.5 Å². The minimum Gasteiger partial charge on any atom is -0.399 e. The van der Waals surface area contributed by atoms with Gasteiger partial charge in [0.1, 0.15) is 5.69 Å². The first-order chi connectivity index (χ1) is 14.7. The monoisotopic (exact) mass is 424 g/mol. The zero-order valence-corrected chi connectivity index (χ0v) is 17.4. The van der Waals surface area contributed by atoms with Crippen molar-refractivity contribution in [2.24, 2.45) is 5.73 Å². The molecule has 3 rings (SSSR count). The maximum absolute atomic E-state index is 14.8. The van der Waals surface area contributed by atoms with Gasteiger partial charge in [-0.25, -0.2) is 18.5 Å². The number of imide groups is 1. The predicted molar refractivity (Wildman–Crippen MR) is 114 cm³/mol. The van der Waals surface area contributed by atoms with Crippen molar-refractivity contribution >= 4 is 17.6 Å². The van der Waals surface area contributed by atoms with Crippen molar-refractivity contribution in [1.29, 1.82) is 0 Å². The highest BCUT2D eigenvalue weighted by atomic mass is 19.1. The zero-order valence-electron chi connectivity index (χ0n) is 17.4. The Morgan fingerprint density at radius 3 is 2.29 bits per heavy atom. The molecular weight excluding hydrogens is 402 g/mol. The minimum absolute atomic E-state index is 0.0823. The summed E-state index contributed by atoms with van der Waals surface area (Å²) in [5, 5.41) is 2.75. The molecule has 160 valence electrons. The first kappa shape index (κ1) is 21.8. The van der Waals surface area contributed by atoms with Crippen molar-refractivity contribution in [3.63, 3.8) is 0 Å². The van der Waals surface area contributed by atoms with Crippen molar-refractivity contribution in [1.82, 2.24) is 10.2 Å². The van der Waals surface area contributed by atoms with Gasteiger partial charge in [-0.1, -0.05) is 30.0 Å².